The van der Waals surface area contributed by atoms with Gasteiger partial charge in [-0.1, -0.05) is 23.2 Å². The summed E-state index contributed by atoms with van der Waals surface area (Å²) >= 11 is 13.2. The number of halogens is 2. The first kappa shape index (κ1) is 18.4. The molecule has 0 atom stereocenters. The molecule has 2 rings (SSSR count). The van der Waals surface area contributed by atoms with Crippen molar-refractivity contribution in [2.45, 2.75) is 6.92 Å². The minimum absolute atomic E-state index is 0.0838. The molecule has 1 aromatic carbocycles. The fourth-order valence-corrected chi connectivity index (χ4v) is 2.69. The van der Waals surface area contributed by atoms with E-state index in [2.05, 4.69) is 10.3 Å². The van der Waals surface area contributed by atoms with Crippen LogP contribution in [0.25, 0.3) is 6.08 Å². The molecule has 8 heteroatoms. The number of amides is 2. The summed E-state index contributed by atoms with van der Waals surface area (Å²) in [5, 5.41) is 6.20. The van der Waals surface area contributed by atoms with E-state index in [1.165, 1.54) is 22.3 Å². The Hall–Kier alpha value is -1.89. The number of anilines is 1. The van der Waals surface area contributed by atoms with E-state index in [0.717, 1.165) is 10.7 Å². The van der Waals surface area contributed by atoms with Gasteiger partial charge < -0.3 is 10.2 Å². The Balaban J connectivity index is 1.89. The molecule has 0 fully saturated rings. The Bertz CT molecular complexity index is 789. The Labute approximate surface area is 153 Å². The Morgan fingerprint density at radius 3 is 2.71 bits per heavy atom. The third kappa shape index (κ3) is 5.33. The predicted octanol–water partition coefficient (Wildman–Crippen LogP) is 3.87. The lowest BCUT2D eigenvalue weighted by Gasteiger charge is -2.15. The number of likely N-dealkylation sites (N-methyl/N-ethyl adjacent to an activating group) is 1. The number of aryl methyl sites for hydroxylation is 1. The van der Waals surface area contributed by atoms with Crippen molar-refractivity contribution < 1.29 is 9.59 Å². The van der Waals surface area contributed by atoms with Gasteiger partial charge in [-0.15, -0.1) is 11.3 Å². The van der Waals surface area contributed by atoms with Crippen molar-refractivity contribution in [3.8, 4) is 0 Å². The highest BCUT2D eigenvalue weighted by Crippen LogP contribution is 2.24. The van der Waals surface area contributed by atoms with E-state index < -0.39 is 0 Å². The monoisotopic (exact) mass is 383 g/mol. The van der Waals surface area contributed by atoms with Crippen molar-refractivity contribution in [3.63, 3.8) is 0 Å². The molecule has 5 nitrogen and oxygen atoms in total. The van der Waals surface area contributed by atoms with Crippen molar-refractivity contribution in [2.24, 2.45) is 0 Å². The first-order valence-electron chi connectivity index (χ1n) is 6.95. The van der Waals surface area contributed by atoms with Crippen LogP contribution in [0.3, 0.4) is 0 Å². The topological polar surface area (TPSA) is 62.3 Å². The molecule has 2 amide bonds. The van der Waals surface area contributed by atoms with E-state index in [4.69, 9.17) is 23.2 Å². The summed E-state index contributed by atoms with van der Waals surface area (Å²) in [6.07, 6.45) is 3.01. The van der Waals surface area contributed by atoms with E-state index in [1.807, 2.05) is 12.3 Å². The van der Waals surface area contributed by atoms with Gasteiger partial charge in [-0.05, 0) is 31.2 Å². The lowest BCUT2D eigenvalue weighted by molar-refractivity contribution is -0.129. The molecular weight excluding hydrogens is 369 g/mol. The number of nitrogens with zero attached hydrogens (tertiary/aromatic N) is 2. The van der Waals surface area contributed by atoms with Crippen LogP contribution in [0.1, 0.15) is 10.7 Å². The maximum Gasteiger partial charge on any atom is 0.246 e. The predicted molar refractivity (Wildman–Crippen MR) is 98.6 cm³/mol. The molecule has 0 aliphatic carbocycles. The summed E-state index contributed by atoms with van der Waals surface area (Å²) in [6.45, 7) is 1.81. The SMILES string of the molecule is Cc1nc(/C=C/C(=O)N(C)CC(=O)Nc2ccc(Cl)c(Cl)c2)cs1. The Morgan fingerprint density at radius 1 is 1.33 bits per heavy atom. The average molecular weight is 384 g/mol. The minimum atomic E-state index is -0.331. The largest absolute Gasteiger partial charge is 0.333 e. The standard InChI is InChI=1S/C16H15Cl2N3O2S/c1-10-19-12(9-24-10)4-6-16(23)21(2)8-15(22)20-11-3-5-13(17)14(18)7-11/h3-7,9H,8H2,1-2H3,(H,20,22)/b6-4+. The molecule has 0 saturated heterocycles. The highest BCUT2D eigenvalue weighted by atomic mass is 35.5. The summed E-state index contributed by atoms with van der Waals surface area (Å²) in [5.41, 5.74) is 1.24. The molecule has 1 N–H and O–H groups in total. The molecule has 0 unspecified atom stereocenters. The third-order valence-corrected chi connectivity index (χ3v) is 4.52. The van der Waals surface area contributed by atoms with Crippen LogP contribution < -0.4 is 5.32 Å². The van der Waals surface area contributed by atoms with Crippen LogP contribution in [-0.4, -0.2) is 35.3 Å². The number of carbonyl (C=O) groups excluding carboxylic acids is 2. The molecule has 0 aliphatic rings. The molecular formula is C16H15Cl2N3O2S. The molecule has 24 heavy (non-hydrogen) atoms. The zero-order valence-electron chi connectivity index (χ0n) is 13.0. The molecule has 0 aliphatic heterocycles. The summed E-state index contributed by atoms with van der Waals surface area (Å²) < 4.78 is 0. The van der Waals surface area contributed by atoms with Gasteiger partial charge in [-0.2, -0.15) is 0 Å². The van der Waals surface area contributed by atoms with Crippen molar-refractivity contribution >= 4 is 58.1 Å². The van der Waals surface area contributed by atoms with Crippen LogP contribution in [0, 0.1) is 6.92 Å². The lowest BCUT2D eigenvalue weighted by Crippen LogP contribution is -2.33. The van der Waals surface area contributed by atoms with Crippen molar-refractivity contribution in [1.29, 1.82) is 0 Å². The zero-order chi connectivity index (χ0) is 17.7. The van der Waals surface area contributed by atoms with Gasteiger partial charge in [0.2, 0.25) is 11.8 Å². The number of hydrogen-bond acceptors (Lipinski definition) is 4. The maximum atomic E-state index is 12.0. The van der Waals surface area contributed by atoms with Gasteiger partial charge in [0.15, 0.2) is 0 Å². The number of rotatable bonds is 5. The van der Waals surface area contributed by atoms with Crippen LogP contribution >= 0.6 is 34.5 Å². The van der Waals surface area contributed by atoms with Crippen molar-refractivity contribution in [2.75, 3.05) is 18.9 Å². The molecule has 1 heterocycles. The number of nitrogens with one attached hydrogen (secondary N) is 1. The van der Waals surface area contributed by atoms with Crippen LogP contribution in [0.2, 0.25) is 10.0 Å². The number of thiazole rings is 1. The van der Waals surface area contributed by atoms with Crippen LogP contribution in [0.4, 0.5) is 5.69 Å². The zero-order valence-corrected chi connectivity index (χ0v) is 15.4. The van der Waals surface area contributed by atoms with Gasteiger partial charge in [-0.25, -0.2) is 4.98 Å². The molecule has 0 saturated carbocycles. The van der Waals surface area contributed by atoms with Crippen molar-refractivity contribution in [3.05, 3.63) is 50.4 Å². The summed E-state index contributed by atoms with van der Waals surface area (Å²) in [4.78, 5) is 29.5. The van der Waals surface area contributed by atoms with Crippen molar-refractivity contribution in [1.82, 2.24) is 9.88 Å². The molecule has 1 aromatic heterocycles. The second-order valence-corrected chi connectivity index (χ2v) is 6.87. The molecule has 0 bridgehead atoms. The van der Waals surface area contributed by atoms with E-state index in [9.17, 15) is 9.59 Å². The van der Waals surface area contributed by atoms with Gasteiger partial charge in [-0.3, -0.25) is 9.59 Å². The fraction of sp³-hybridized carbons (Fsp3) is 0.188. The Morgan fingerprint density at radius 2 is 2.08 bits per heavy atom. The molecule has 0 radical (unpaired) electrons. The van der Waals surface area contributed by atoms with Crippen LogP contribution in [0.5, 0.6) is 0 Å². The quantitative estimate of drug-likeness (QED) is 0.797. The number of carbonyl (C=O) groups is 2. The van der Waals surface area contributed by atoms with E-state index in [0.29, 0.717) is 15.7 Å². The Kier molecular flexibility index (Phi) is 6.36. The smallest absolute Gasteiger partial charge is 0.246 e. The maximum absolute atomic E-state index is 12.0. The van der Waals surface area contributed by atoms with Gasteiger partial charge in [0.05, 0.1) is 27.3 Å². The summed E-state index contributed by atoms with van der Waals surface area (Å²) in [6, 6.07) is 4.78. The fourth-order valence-electron chi connectivity index (χ4n) is 1.81. The minimum Gasteiger partial charge on any atom is -0.333 e. The van der Waals surface area contributed by atoms with Gasteiger partial charge in [0.1, 0.15) is 0 Å². The number of benzene rings is 1. The molecule has 126 valence electrons. The van der Waals surface area contributed by atoms with E-state index in [1.54, 1.807) is 31.3 Å². The van der Waals surface area contributed by atoms with Gasteiger partial charge >= 0.3 is 0 Å². The van der Waals surface area contributed by atoms with Crippen LogP contribution in [0.15, 0.2) is 29.7 Å². The average Bonchev–Trinajstić information content (AvgIpc) is 2.94. The first-order valence-corrected chi connectivity index (χ1v) is 8.59. The van der Waals surface area contributed by atoms with Gasteiger partial charge in [0.25, 0.3) is 0 Å². The third-order valence-electron chi connectivity index (χ3n) is 2.99. The lowest BCUT2D eigenvalue weighted by atomic mass is 10.3. The molecule has 2 aromatic rings. The first-order chi connectivity index (χ1) is 11.3. The normalized spacial score (nSPS) is 10.8. The highest BCUT2D eigenvalue weighted by molar-refractivity contribution is 7.09. The number of aromatic nitrogens is 1. The summed E-state index contributed by atoms with van der Waals surface area (Å²) in [5.74, 6) is -0.618. The van der Waals surface area contributed by atoms with Gasteiger partial charge in [0, 0.05) is 24.2 Å². The van der Waals surface area contributed by atoms with E-state index in [-0.39, 0.29) is 18.4 Å². The van der Waals surface area contributed by atoms with Crippen LogP contribution in [-0.2, 0) is 9.59 Å². The molecule has 0 spiro atoms. The highest BCUT2D eigenvalue weighted by Gasteiger charge is 2.11. The summed E-state index contributed by atoms with van der Waals surface area (Å²) in [7, 11) is 1.55. The van der Waals surface area contributed by atoms with E-state index >= 15 is 0 Å². The second kappa shape index (κ2) is 8.28. The number of hydrogen-bond donors (Lipinski definition) is 1. The second-order valence-electron chi connectivity index (χ2n) is 5.00.